The Balaban J connectivity index is 0.00000176. The molecule has 1 amide bonds. The van der Waals surface area contributed by atoms with Crippen LogP contribution in [0.3, 0.4) is 0 Å². The van der Waals surface area contributed by atoms with Gasteiger partial charge in [0.05, 0.1) is 0 Å². The van der Waals surface area contributed by atoms with Gasteiger partial charge in [0.1, 0.15) is 5.75 Å². The minimum Gasteiger partial charge on any atom is -0.473 e. The van der Waals surface area contributed by atoms with Crippen molar-refractivity contribution in [2.75, 3.05) is 13.3 Å². The van der Waals surface area contributed by atoms with Crippen molar-refractivity contribution in [3.63, 3.8) is 0 Å². The zero-order valence-electron chi connectivity index (χ0n) is 12.4. The van der Waals surface area contributed by atoms with E-state index in [1.54, 1.807) is 4.90 Å². The predicted octanol–water partition coefficient (Wildman–Crippen LogP) is 3.66. The Hall–Kier alpha value is -2.00. The smallest absolute Gasteiger partial charge is 0.225 e. The van der Waals surface area contributed by atoms with Gasteiger partial charge in [-0.05, 0) is 36.1 Å². The fourth-order valence-electron chi connectivity index (χ4n) is 2.53. The molecule has 0 atom stereocenters. The van der Waals surface area contributed by atoms with Crippen LogP contribution in [0.1, 0.15) is 24.0 Å². The molecule has 4 heteroatoms. The number of hydrogen-bond donors (Lipinski definition) is 0. The molecule has 2 aromatic rings. The number of amides is 1. The summed E-state index contributed by atoms with van der Waals surface area (Å²) in [6.45, 7) is 1.17. The number of ether oxygens (including phenoxy) is 1. The third kappa shape index (κ3) is 4.25. The normalized spacial score (nSPS) is 13.8. The highest BCUT2D eigenvalue weighted by Crippen LogP contribution is 2.17. The minimum atomic E-state index is 0. The van der Waals surface area contributed by atoms with E-state index in [0.29, 0.717) is 13.2 Å². The number of hydrogen-bond acceptors (Lipinski definition) is 2. The Kier molecular flexibility index (Phi) is 5.84. The fourth-order valence-corrected chi connectivity index (χ4v) is 2.53. The molecule has 0 aromatic heterocycles. The molecule has 2 aromatic carbocycles. The van der Waals surface area contributed by atoms with Gasteiger partial charge in [0.15, 0.2) is 6.73 Å². The number of halogens is 1. The van der Waals surface area contributed by atoms with Crippen LogP contribution in [0.15, 0.2) is 54.6 Å². The number of carbonyl (C=O) groups excluding carboxylic acids is 1. The molecule has 3 nitrogen and oxygen atoms in total. The van der Waals surface area contributed by atoms with Gasteiger partial charge in [-0.25, -0.2) is 0 Å². The zero-order valence-corrected chi connectivity index (χ0v) is 13.2. The van der Waals surface area contributed by atoms with Crippen molar-refractivity contribution in [1.82, 2.24) is 4.90 Å². The van der Waals surface area contributed by atoms with Gasteiger partial charge in [-0.3, -0.25) is 4.79 Å². The molecule has 1 fully saturated rings. The van der Waals surface area contributed by atoms with Gasteiger partial charge in [0.25, 0.3) is 0 Å². The Labute approximate surface area is 137 Å². The summed E-state index contributed by atoms with van der Waals surface area (Å²) in [6, 6.07) is 18.5. The molecule has 0 N–H and O–H groups in total. The quantitative estimate of drug-likeness (QED) is 0.842. The second-order valence-corrected chi connectivity index (χ2v) is 5.34. The van der Waals surface area contributed by atoms with Gasteiger partial charge in [-0.2, -0.15) is 0 Å². The molecule has 0 bridgehead atoms. The first-order valence-electron chi connectivity index (χ1n) is 7.35. The zero-order chi connectivity index (χ0) is 14.5. The third-order valence-electron chi connectivity index (χ3n) is 3.73. The van der Waals surface area contributed by atoms with Crippen LogP contribution in [0.2, 0.25) is 0 Å². The highest BCUT2D eigenvalue weighted by atomic mass is 35.5. The lowest BCUT2D eigenvalue weighted by Gasteiger charge is -2.16. The van der Waals surface area contributed by atoms with Crippen molar-refractivity contribution in [3.05, 3.63) is 65.7 Å². The van der Waals surface area contributed by atoms with E-state index in [1.165, 1.54) is 11.1 Å². The highest BCUT2D eigenvalue weighted by molar-refractivity contribution is 5.85. The average molecular weight is 318 g/mol. The van der Waals surface area contributed by atoms with Crippen LogP contribution in [0.5, 0.6) is 5.75 Å². The Bertz CT molecular complexity index is 598. The van der Waals surface area contributed by atoms with Gasteiger partial charge < -0.3 is 9.64 Å². The summed E-state index contributed by atoms with van der Waals surface area (Å²) in [6.07, 6.45) is 2.52. The van der Waals surface area contributed by atoms with Crippen molar-refractivity contribution in [2.24, 2.45) is 0 Å². The molecule has 22 heavy (non-hydrogen) atoms. The molecule has 0 radical (unpaired) electrons. The second kappa shape index (κ2) is 7.85. The lowest BCUT2D eigenvalue weighted by Crippen LogP contribution is -2.28. The number of carbonyl (C=O) groups is 1. The van der Waals surface area contributed by atoms with E-state index >= 15 is 0 Å². The highest BCUT2D eigenvalue weighted by Gasteiger charge is 2.19. The maximum atomic E-state index is 11.5. The van der Waals surface area contributed by atoms with Crippen LogP contribution in [0.4, 0.5) is 0 Å². The molecule has 3 rings (SSSR count). The van der Waals surface area contributed by atoms with E-state index in [1.807, 2.05) is 18.2 Å². The molecule has 0 aliphatic carbocycles. The van der Waals surface area contributed by atoms with E-state index in [9.17, 15) is 4.79 Å². The SMILES string of the molecule is Cl.O=C1CCCN1COc1ccc(Cc2ccccc2)cc1. The van der Waals surface area contributed by atoms with E-state index in [-0.39, 0.29) is 18.3 Å². The minimum absolute atomic E-state index is 0. The molecule has 1 heterocycles. The van der Waals surface area contributed by atoms with Gasteiger partial charge >= 0.3 is 0 Å². The molecule has 116 valence electrons. The molecule has 1 aliphatic heterocycles. The summed E-state index contributed by atoms with van der Waals surface area (Å²) in [5.74, 6) is 1.00. The Morgan fingerprint density at radius 2 is 1.64 bits per heavy atom. The first-order valence-corrected chi connectivity index (χ1v) is 7.35. The maximum absolute atomic E-state index is 11.5. The molecule has 0 unspecified atom stereocenters. The molecular formula is C18H20ClNO2. The Morgan fingerprint density at radius 3 is 2.27 bits per heavy atom. The largest absolute Gasteiger partial charge is 0.473 e. The molecule has 0 saturated carbocycles. The lowest BCUT2D eigenvalue weighted by molar-refractivity contribution is -0.130. The number of benzene rings is 2. The van der Waals surface area contributed by atoms with Gasteiger partial charge in [-0.15, -0.1) is 12.4 Å². The maximum Gasteiger partial charge on any atom is 0.225 e. The fraction of sp³-hybridized carbons (Fsp3) is 0.278. The van der Waals surface area contributed by atoms with E-state index in [2.05, 4.69) is 36.4 Å². The van der Waals surface area contributed by atoms with Crippen LogP contribution in [0, 0.1) is 0 Å². The van der Waals surface area contributed by atoms with Crippen LogP contribution in [-0.4, -0.2) is 24.1 Å². The van der Waals surface area contributed by atoms with Crippen LogP contribution in [0.25, 0.3) is 0 Å². The summed E-state index contributed by atoms with van der Waals surface area (Å²) >= 11 is 0. The van der Waals surface area contributed by atoms with Crippen molar-refractivity contribution in [3.8, 4) is 5.75 Å². The summed E-state index contributed by atoms with van der Waals surface area (Å²) in [5, 5.41) is 0. The standard InChI is InChI=1S/C18H19NO2.ClH/c20-18-7-4-12-19(18)14-21-17-10-8-16(9-11-17)13-15-5-2-1-3-6-15;/h1-3,5-6,8-11H,4,7,12-14H2;1H. The molecule has 1 saturated heterocycles. The van der Waals surface area contributed by atoms with Gasteiger partial charge in [-0.1, -0.05) is 42.5 Å². The van der Waals surface area contributed by atoms with Crippen molar-refractivity contribution in [2.45, 2.75) is 19.3 Å². The Morgan fingerprint density at radius 1 is 0.955 bits per heavy atom. The first-order chi connectivity index (χ1) is 10.3. The van der Waals surface area contributed by atoms with Crippen molar-refractivity contribution in [1.29, 1.82) is 0 Å². The summed E-state index contributed by atoms with van der Waals surface area (Å²) < 4.78 is 5.67. The third-order valence-corrected chi connectivity index (χ3v) is 3.73. The topological polar surface area (TPSA) is 29.5 Å². The lowest BCUT2D eigenvalue weighted by atomic mass is 10.1. The van der Waals surface area contributed by atoms with E-state index in [4.69, 9.17) is 4.74 Å². The van der Waals surface area contributed by atoms with Crippen molar-refractivity contribution >= 4 is 18.3 Å². The monoisotopic (exact) mass is 317 g/mol. The predicted molar refractivity (Wildman–Crippen MR) is 89.4 cm³/mol. The van der Waals surface area contributed by atoms with Crippen LogP contribution >= 0.6 is 12.4 Å². The average Bonchev–Trinajstić information content (AvgIpc) is 2.93. The van der Waals surface area contributed by atoms with Gasteiger partial charge in [0.2, 0.25) is 5.91 Å². The van der Waals surface area contributed by atoms with Gasteiger partial charge in [0, 0.05) is 13.0 Å². The van der Waals surface area contributed by atoms with E-state index in [0.717, 1.165) is 25.1 Å². The summed E-state index contributed by atoms with van der Waals surface area (Å²) in [4.78, 5) is 13.3. The second-order valence-electron chi connectivity index (χ2n) is 5.34. The number of rotatable bonds is 5. The number of nitrogens with zero attached hydrogens (tertiary/aromatic N) is 1. The van der Waals surface area contributed by atoms with Crippen molar-refractivity contribution < 1.29 is 9.53 Å². The van der Waals surface area contributed by atoms with Crippen LogP contribution in [-0.2, 0) is 11.2 Å². The molecular weight excluding hydrogens is 298 g/mol. The molecule has 1 aliphatic rings. The van der Waals surface area contributed by atoms with E-state index < -0.39 is 0 Å². The first kappa shape index (κ1) is 16.4. The van der Waals surface area contributed by atoms with Crippen LogP contribution < -0.4 is 4.74 Å². The molecule has 0 spiro atoms. The summed E-state index contributed by atoms with van der Waals surface area (Å²) in [7, 11) is 0. The summed E-state index contributed by atoms with van der Waals surface area (Å²) in [5.41, 5.74) is 2.56. The number of likely N-dealkylation sites (tertiary alicyclic amines) is 1.